The minimum atomic E-state index is -0.913. The minimum absolute atomic E-state index is 0.0339. The van der Waals surface area contributed by atoms with Gasteiger partial charge >= 0.3 is 12.2 Å². The standard InChI is InChI=1S/C16H17NO3S/c1-10(2)14(13-8-5-9-21-13)17-15(18)16-19-11-6-3-4-7-12(11)20-16/h3-10,14,16H,1-2H3,(H,17,18)/t14-/m1/s1. The van der Waals surface area contributed by atoms with E-state index in [0.29, 0.717) is 11.5 Å². The van der Waals surface area contributed by atoms with Gasteiger partial charge < -0.3 is 14.8 Å². The summed E-state index contributed by atoms with van der Waals surface area (Å²) in [5.74, 6) is 1.25. The van der Waals surface area contributed by atoms with Crippen LogP contribution in [0, 0.1) is 5.92 Å². The number of carbonyl (C=O) groups excluding carboxylic acids is 1. The van der Waals surface area contributed by atoms with E-state index in [-0.39, 0.29) is 17.9 Å². The van der Waals surface area contributed by atoms with E-state index in [1.165, 1.54) is 0 Å². The maximum atomic E-state index is 12.4. The monoisotopic (exact) mass is 303 g/mol. The van der Waals surface area contributed by atoms with Gasteiger partial charge in [-0.1, -0.05) is 32.0 Å². The Hall–Kier alpha value is -2.01. The van der Waals surface area contributed by atoms with Gasteiger partial charge in [0.25, 0.3) is 0 Å². The Bertz CT molecular complexity index is 599. The van der Waals surface area contributed by atoms with Gasteiger partial charge in [-0.3, -0.25) is 4.79 Å². The lowest BCUT2D eigenvalue weighted by Gasteiger charge is -2.22. The highest BCUT2D eigenvalue weighted by molar-refractivity contribution is 7.10. The van der Waals surface area contributed by atoms with Gasteiger partial charge in [-0.2, -0.15) is 0 Å². The van der Waals surface area contributed by atoms with Crippen LogP contribution >= 0.6 is 11.3 Å². The maximum Gasteiger partial charge on any atom is 0.321 e. The zero-order chi connectivity index (χ0) is 14.8. The number of fused-ring (bicyclic) bond motifs is 1. The molecule has 3 rings (SSSR count). The molecule has 1 aliphatic rings. The molecule has 0 saturated heterocycles. The van der Waals surface area contributed by atoms with Gasteiger partial charge in [0, 0.05) is 4.88 Å². The molecular weight excluding hydrogens is 286 g/mol. The average Bonchev–Trinajstić information content (AvgIpc) is 3.12. The summed E-state index contributed by atoms with van der Waals surface area (Å²) in [5.41, 5.74) is 0. The van der Waals surface area contributed by atoms with Crippen molar-refractivity contribution in [1.82, 2.24) is 5.32 Å². The van der Waals surface area contributed by atoms with Crippen LogP contribution in [-0.2, 0) is 4.79 Å². The highest BCUT2D eigenvalue weighted by Crippen LogP contribution is 2.34. The van der Waals surface area contributed by atoms with Crippen LogP contribution in [0.4, 0.5) is 0 Å². The molecule has 0 saturated carbocycles. The molecule has 110 valence electrons. The number of carbonyl (C=O) groups is 1. The summed E-state index contributed by atoms with van der Waals surface area (Å²) in [4.78, 5) is 13.5. The molecule has 21 heavy (non-hydrogen) atoms. The van der Waals surface area contributed by atoms with E-state index in [0.717, 1.165) is 4.88 Å². The molecule has 2 aromatic rings. The Labute approximate surface area is 127 Å². The Balaban J connectivity index is 1.69. The van der Waals surface area contributed by atoms with E-state index in [9.17, 15) is 4.79 Å². The molecule has 1 aromatic carbocycles. The lowest BCUT2D eigenvalue weighted by Crippen LogP contribution is -2.42. The Morgan fingerprint density at radius 3 is 2.33 bits per heavy atom. The molecule has 1 aromatic heterocycles. The topological polar surface area (TPSA) is 47.6 Å². The van der Waals surface area contributed by atoms with Crippen molar-refractivity contribution in [3.63, 3.8) is 0 Å². The number of nitrogens with one attached hydrogen (secondary N) is 1. The smallest absolute Gasteiger partial charge is 0.321 e. The molecule has 0 aliphatic carbocycles. The van der Waals surface area contributed by atoms with Crippen LogP contribution in [0.3, 0.4) is 0 Å². The minimum Gasteiger partial charge on any atom is -0.442 e. The second kappa shape index (κ2) is 5.77. The zero-order valence-electron chi connectivity index (χ0n) is 11.9. The summed E-state index contributed by atoms with van der Waals surface area (Å²) in [5, 5.41) is 5.03. The summed E-state index contributed by atoms with van der Waals surface area (Å²) in [6.07, 6.45) is -0.913. The molecule has 1 atom stereocenters. The highest BCUT2D eigenvalue weighted by Gasteiger charge is 2.32. The van der Waals surface area contributed by atoms with Crippen LogP contribution in [0.15, 0.2) is 41.8 Å². The molecule has 0 fully saturated rings. The first-order chi connectivity index (χ1) is 10.1. The van der Waals surface area contributed by atoms with Crippen molar-refractivity contribution in [3.05, 3.63) is 46.7 Å². The van der Waals surface area contributed by atoms with Gasteiger partial charge in [-0.25, -0.2) is 0 Å². The van der Waals surface area contributed by atoms with Crippen LogP contribution in [-0.4, -0.2) is 12.2 Å². The van der Waals surface area contributed by atoms with Crippen molar-refractivity contribution in [1.29, 1.82) is 0 Å². The normalized spacial score (nSPS) is 15.2. The lowest BCUT2D eigenvalue weighted by molar-refractivity contribution is -0.137. The fourth-order valence-electron chi connectivity index (χ4n) is 2.26. The third-order valence-corrected chi connectivity index (χ3v) is 4.30. The molecule has 1 aliphatic heterocycles. The maximum absolute atomic E-state index is 12.4. The predicted molar refractivity (Wildman–Crippen MR) is 81.5 cm³/mol. The largest absolute Gasteiger partial charge is 0.442 e. The molecule has 0 spiro atoms. The molecule has 2 heterocycles. The first-order valence-corrected chi connectivity index (χ1v) is 7.79. The second-order valence-electron chi connectivity index (χ2n) is 5.26. The van der Waals surface area contributed by atoms with Crippen molar-refractivity contribution < 1.29 is 14.3 Å². The van der Waals surface area contributed by atoms with Crippen LogP contribution in [0.1, 0.15) is 24.8 Å². The fraction of sp³-hybridized carbons (Fsp3) is 0.312. The van der Waals surface area contributed by atoms with Gasteiger partial charge in [0.1, 0.15) is 0 Å². The number of para-hydroxylation sites is 2. The second-order valence-corrected chi connectivity index (χ2v) is 6.24. The Morgan fingerprint density at radius 1 is 1.14 bits per heavy atom. The number of amides is 1. The number of thiophene rings is 1. The molecule has 0 radical (unpaired) electrons. The van der Waals surface area contributed by atoms with Gasteiger partial charge in [0.05, 0.1) is 6.04 Å². The molecule has 0 unspecified atom stereocenters. The Kier molecular flexibility index (Phi) is 3.84. The molecule has 1 N–H and O–H groups in total. The van der Waals surface area contributed by atoms with Gasteiger partial charge in [0.15, 0.2) is 11.5 Å². The van der Waals surface area contributed by atoms with E-state index in [4.69, 9.17) is 9.47 Å². The summed E-state index contributed by atoms with van der Waals surface area (Å²) >= 11 is 1.63. The third-order valence-electron chi connectivity index (χ3n) is 3.35. The number of ether oxygens (including phenoxy) is 2. The van der Waals surface area contributed by atoms with Crippen LogP contribution in [0.5, 0.6) is 11.5 Å². The van der Waals surface area contributed by atoms with Gasteiger partial charge in [-0.05, 0) is 29.5 Å². The van der Waals surface area contributed by atoms with E-state index in [1.807, 2.05) is 29.6 Å². The van der Waals surface area contributed by atoms with Crippen LogP contribution < -0.4 is 14.8 Å². The number of hydrogen-bond acceptors (Lipinski definition) is 4. The molecule has 5 heteroatoms. The van der Waals surface area contributed by atoms with Gasteiger partial charge in [-0.15, -0.1) is 11.3 Å². The summed E-state index contributed by atoms with van der Waals surface area (Å²) < 4.78 is 11.1. The van der Waals surface area contributed by atoms with Crippen molar-refractivity contribution in [3.8, 4) is 11.5 Å². The quantitative estimate of drug-likeness (QED) is 0.942. The number of benzene rings is 1. The van der Waals surface area contributed by atoms with Crippen LogP contribution in [0.2, 0.25) is 0 Å². The molecule has 1 amide bonds. The van der Waals surface area contributed by atoms with Crippen LogP contribution in [0.25, 0.3) is 0 Å². The SMILES string of the molecule is CC(C)[C@@H](NC(=O)C1Oc2ccccc2O1)c1cccs1. The average molecular weight is 303 g/mol. The molecule has 4 nitrogen and oxygen atoms in total. The van der Waals surface area contributed by atoms with Crippen molar-refractivity contribution in [2.75, 3.05) is 0 Å². The van der Waals surface area contributed by atoms with Crippen molar-refractivity contribution in [2.24, 2.45) is 5.92 Å². The third kappa shape index (κ3) is 2.88. The van der Waals surface area contributed by atoms with E-state index < -0.39 is 6.29 Å². The van der Waals surface area contributed by atoms with Gasteiger partial charge in [0.2, 0.25) is 0 Å². The lowest BCUT2D eigenvalue weighted by atomic mass is 10.0. The number of rotatable bonds is 4. The Morgan fingerprint density at radius 2 is 1.81 bits per heavy atom. The predicted octanol–water partition coefficient (Wildman–Crippen LogP) is 3.36. The summed E-state index contributed by atoms with van der Waals surface area (Å²) in [6.45, 7) is 4.16. The fourth-order valence-corrected chi connectivity index (χ4v) is 3.21. The van der Waals surface area contributed by atoms with Crippen molar-refractivity contribution in [2.45, 2.75) is 26.2 Å². The number of hydrogen-bond donors (Lipinski definition) is 1. The molecule has 0 bridgehead atoms. The first-order valence-electron chi connectivity index (χ1n) is 6.91. The summed E-state index contributed by atoms with van der Waals surface area (Å²) in [7, 11) is 0. The van der Waals surface area contributed by atoms with Crippen molar-refractivity contribution >= 4 is 17.2 Å². The van der Waals surface area contributed by atoms with E-state index in [2.05, 4.69) is 19.2 Å². The summed E-state index contributed by atoms with van der Waals surface area (Å²) in [6, 6.07) is 11.3. The highest BCUT2D eigenvalue weighted by atomic mass is 32.1. The van der Waals surface area contributed by atoms with E-state index >= 15 is 0 Å². The first kappa shape index (κ1) is 13.9. The van der Waals surface area contributed by atoms with E-state index in [1.54, 1.807) is 23.5 Å². The molecular formula is C16H17NO3S. The zero-order valence-corrected chi connectivity index (χ0v) is 12.7.